The largest absolute Gasteiger partial charge is 0.490 e. The fourth-order valence-corrected chi connectivity index (χ4v) is 2.11. The normalized spacial score (nSPS) is 11.9. The molecule has 106 valence electrons. The lowest BCUT2D eigenvalue weighted by Crippen LogP contribution is -2.12. The monoisotopic (exact) mass is 271 g/mol. The van der Waals surface area contributed by atoms with Crippen molar-refractivity contribution in [3.05, 3.63) is 59.7 Å². The van der Waals surface area contributed by atoms with E-state index in [1.165, 1.54) is 0 Å². The van der Waals surface area contributed by atoms with Gasteiger partial charge >= 0.3 is 0 Å². The van der Waals surface area contributed by atoms with Crippen LogP contribution in [0.25, 0.3) is 0 Å². The summed E-state index contributed by atoms with van der Waals surface area (Å²) in [6.45, 7) is 5.13. The third kappa shape index (κ3) is 3.31. The second-order valence-electron chi connectivity index (χ2n) is 4.46. The molecule has 0 bridgehead atoms. The van der Waals surface area contributed by atoms with E-state index >= 15 is 0 Å². The van der Waals surface area contributed by atoms with E-state index in [1.807, 2.05) is 62.4 Å². The van der Waals surface area contributed by atoms with Crippen LogP contribution in [0.15, 0.2) is 48.5 Å². The summed E-state index contributed by atoms with van der Waals surface area (Å²) in [4.78, 5) is 0. The number of benzene rings is 2. The SMILES string of the molecule is CCOc1ccc(C(N)c2ccccc2)cc1OCC. The Morgan fingerprint density at radius 2 is 1.50 bits per heavy atom. The van der Waals surface area contributed by atoms with E-state index in [0.29, 0.717) is 13.2 Å². The second-order valence-corrected chi connectivity index (χ2v) is 4.46. The predicted molar refractivity (Wildman–Crippen MR) is 81.3 cm³/mol. The Kier molecular flexibility index (Phi) is 5.02. The summed E-state index contributed by atoms with van der Waals surface area (Å²) in [5.41, 5.74) is 8.41. The minimum absolute atomic E-state index is 0.161. The van der Waals surface area contributed by atoms with Crippen LogP contribution in [0, 0.1) is 0 Å². The van der Waals surface area contributed by atoms with Crippen LogP contribution in [0.4, 0.5) is 0 Å². The molecule has 1 atom stereocenters. The van der Waals surface area contributed by atoms with Crippen molar-refractivity contribution < 1.29 is 9.47 Å². The molecular weight excluding hydrogens is 250 g/mol. The molecule has 0 aliphatic heterocycles. The Morgan fingerprint density at radius 1 is 0.850 bits per heavy atom. The van der Waals surface area contributed by atoms with Gasteiger partial charge in [0, 0.05) is 0 Å². The molecule has 0 aliphatic carbocycles. The van der Waals surface area contributed by atoms with Gasteiger partial charge in [-0.3, -0.25) is 0 Å². The van der Waals surface area contributed by atoms with Gasteiger partial charge < -0.3 is 15.2 Å². The van der Waals surface area contributed by atoms with Crippen molar-refractivity contribution in [3.63, 3.8) is 0 Å². The van der Waals surface area contributed by atoms with Crippen LogP contribution in [0.5, 0.6) is 11.5 Å². The standard InChI is InChI=1S/C17H21NO2/c1-3-19-15-11-10-14(12-16(15)20-4-2)17(18)13-8-6-5-7-9-13/h5-12,17H,3-4,18H2,1-2H3. The first-order chi connectivity index (χ1) is 9.76. The molecule has 0 heterocycles. The summed E-state index contributed by atoms with van der Waals surface area (Å²) in [6.07, 6.45) is 0. The number of ether oxygens (including phenoxy) is 2. The molecule has 3 heteroatoms. The molecule has 0 spiro atoms. The lowest BCUT2D eigenvalue weighted by Gasteiger charge is -2.16. The fourth-order valence-electron chi connectivity index (χ4n) is 2.11. The first kappa shape index (κ1) is 14.4. The van der Waals surface area contributed by atoms with Gasteiger partial charge in [0.15, 0.2) is 11.5 Å². The zero-order valence-electron chi connectivity index (χ0n) is 12.0. The first-order valence-corrected chi connectivity index (χ1v) is 6.96. The van der Waals surface area contributed by atoms with Crippen molar-refractivity contribution in [2.24, 2.45) is 5.73 Å². The van der Waals surface area contributed by atoms with Crippen molar-refractivity contribution in [2.45, 2.75) is 19.9 Å². The zero-order chi connectivity index (χ0) is 14.4. The third-order valence-electron chi connectivity index (χ3n) is 3.09. The molecule has 0 aromatic heterocycles. The fraction of sp³-hybridized carbons (Fsp3) is 0.294. The maximum atomic E-state index is 6.31. The highest BCUT2D eigenvalue weighted by atomic mass is 16.5. The summed E-state index contributed by atoms with van der Waals surface area (Å²) in [6, 6.07) is 15.7. The van der Waals surface area contributed by atoms with Crippen molar-refractivity contribution in [3.8, 4) is 11.5 Å². The summed E-state index contributed by atoms with van der Waals surface area (Å²) in [7, 11) is 0. The van der Waals surface area contributed by atoms with E-state index in [4.69, 9.17) is 15.2 Å². The average molecular weight is 271 g/mol. The van der Waals surface area contributed by atoms with E-state index in [1.54, 1.807) is 0 Å². The maximum absolute atomic E-state index is 6.31. The van der Waals surface area contributed by atoms with Gasteiger partial charge in [-0.05, 0) is 37.1 Å². The number of hydrogen-bond donors (Lipinski definition) is 1. The average Bonchev–Trinajstić information content (AvgIpc) is 2.50. The molecule has 20 heavy (non-hydrogen) atoms. The Morgan fingerprint density at radius 3 is 2.15 bits per heavy atom. The van der Waals surface area contributed by atoms with Crippen molar-refractivity contribution in [1.82, 2.24) is 0 Å². The number of hydrogen-bond acceptors (Lipinski definition) is 3. The van der Waals surface area contributed by atoms with Crippen LogP contribution >= 0.6 is 0 Å². The van der Waals surface area contributed by atoms with E-state index < -0.39 is 0 Å². The van der Waals surface area contributed by atoms with Crippen LogP contribution in [-0.2, 0) is 0 Å². The van der Waals surface area contributed by atoms with Crippen LogP contribution in [0.1, 0.15) is 31.0 Å². The highest BCUT2D eigenvalue weighted by Gasteiger charge is 2.12. The highest BCUT2D eigenvalue weighted by molar-refractivity contribution is 5.45. The van der Waals surface area contributed by atoms with Gasteiger partial charge in [-0.2, -0.15) is 0 Å². The molecule has 0 radical (unpaired) electrons. The van der Waals surface area contributed by atoms with Crippen LogP contribution in [0.3, 0.4) is 0 Å². The van der Waals surface area contributed by atoms with Gasteiger partial charge in [-0.15, -0.1) is 0 Å². The molecule has 1 unspecified atom stereocenters. The molecule has 2 aromatic rings. The number of nitrogens with two attached hydrogens (primary N) is 1. The van der Waals surface area contributed by atoms with Gasteiger partial charge in [-0.25, -0.2) is 0 Å². The molecule has 0 saturated heterocycles. The van der Waals surface area contributed by atoms with E-state index in [9.17, 15) is 0 Å². The third-order valence-corrected chi connectivity index (χ3v) is 3.09. The van der Waals surface area contributed by atoms with Crippen LogP contribution < -0.4 is 15.2 Å². The Hall–Kier alpha value is -2.00. The molecular formula is C17H21NO2. The Bertz CT molecular complexity index is 540. The lowest BCUT2D eigenvalue weighted by atomic mass is 9.99. The predicted octanol–water partition coefficient (Wildman–Crippen LogP) is 3.53. The van der Waals surface area contributed by atoms with Crippen LogP contribution in [-0.4, -0.2) is 13.2 Å². The quantitative estimate of drug-likeness (QED) is 0.874. The van der Waals surface area contributed by atoms with Gasteiger partial charge in [0.05, 0.1) is 19.3 Å². The molecule has 2 rings (SSSR count). The number of rotatable bonds is 6. The summed E-state index contributed by atoms with van der Waals surface area (Å²) < 4.78 is 11.2. The van der Waals surface area contributed by atoms with E-state index in [0.717, 1.165) is 22.6 Å². The van der Waals surface area contributed by atoms with Gasteiger partial charge in [0.1, 0.15) is 0 Å². The maximum Gasteiger partial charge on any atom is 0.161 e. The zero-order valence-corrected chi connectivity index (χ0v) is 12.0. The summed E-state index contributed by atoms with van der Waals surface area (Å²) >= 11 is 0. The molecule has 0 amide bonds. The Balaban J connectivity index is 2.30. The lowest BCUT2D eigenvalue weighted by molar-refractivity contribution is 0.287. The van der Waals surface area contributed by atoms with Gasteiger partial charge in [0.25, 0.3) is 0 Å². The molecule has 0 aliphatic rings. The van der Waals surface area contributed by atoms with Crippen molar-refractivity contribution >= 4 is 0 Å². The van der Waals surface area contributed by atoms with Crippen LogP contribution in [0.2, 0.25) is 0 Å². The second kappa shape index (κ2) is 6.96. The Labute approximate surface area is 120 Å². The molecule has 0 fully saturated rings. The summed E-state index contributed by atoms with van der Waals surface area (Å²) in [5.74, 6) is 1.51. The molecule has 2 aromatic carbocycles. The minimum atomic E-state index is -0.161. The van der Waals surface area contributed by atoms with Crippen molar-refractivity contribution in [2.75, 3.05) is 13.2 Å². The summed E-state index contributed by atoms with van der Waals surface area (Å²) in [5, 5.41) is 0. The molecule has 3 nitrogen and oxygen atoms in total. The van der Waals surface area contributed by atoms with E-state index in [-0.39, 0.29) is 6.04 Å². The smallest absolute Gasteiger partial charge is 0.161 e. The van der Waals surface area contributed by atoms with Crippen molar-refractivity contribution in [1.29, 1.82) is 0 Å². The topological polar surface area (TPSA) is 44.5 Å². The van der Waals surface area contributed by atoms with Gasteiger partial charge in [0.2, 0.25) is 0 Å². The van der Waals surface area contributed by atoms with Gasteiger partial charge in [-0.1, -0.05) is 36.4 Å². The minimum Gasteiger partial charge on any atom is -0.490 e. The molecule has 0 saturated carbocycles. The highest BCUT2D eigenvalue weighted by Crippen LogP contribution is 2.31. The van der Waals surface area contributed by atoms with E-state index in [2.05, 4.69) is 0 Å². The first-order valence-electron chi connectivity index (χ1n) is 6.96. The molecule has 2 N–H and O–H groups in total.